The van der Waals surface area contributed by atoms with E-state index in [1.165, 1.54) is 19.2 Å². The van der Waals surface area contributed by atoms with Gasteiger partial charge in [0.05, 0.1) is 0 Å². The van der Waals surface area contributed by atoms with Crippen LogP contribution in [0.5, 0.6) is 0 Å². The Morgan fingerprint density at radius 2 is 2.07 bits per heavy atom. The van der Waals surface area contributed by atoms with E-state index in [0.29, 0.717) is 36.9 Å². The Morgan fingerprint density at radius 1 is 1.33 bits per heavy atom. The monoisotopic (exact) mass is 376 g/mol. The maximum atomic E-state index is 12.2. The maximum absolute atomic E-state index is 12.2. The highest BCUT2D eigenvalue weighted by Gasteiger charge is 2.29. The Kier molecular flexibility index (Phi) is 6.76. The summed E-state index contributed by atoms with van der Waals surface area (Å²) in [6, 6.07) is 3.14. The van der Waals surface area contributed by atoms with E-state index in [9.17, 15) is 14.4 Å². The van der Waals surface area contributed by atoms with Gasteiger partial charge in [-0.25, -0.2) is 9.78 Å². The first-order chi connectivity index (χ1) is 12.6. The minimum atomic E-state index is -0.496. The van der Waals surface area contributed by atoms with Gasteiger partial charge >= 0.3 is 6.09 Å². The molecule has 1 fully saturated rings. The Labute approximate surface area is 159 Å². The highest BCUT2D eigenvalue weighted by molar-refractivity contribution is 5.96. The van der Waals surface area contributed by atoms with Crippen LogP contribution < -0.4 is 10.6 Å². The molecule has 1 aliphatic rings. The van der Waals surface area contributed by atoms with Gasteiger partial charge in [-0.05, 0) is 51.7 Å². The first-order valence-electron chi connectivity index (χ1n) is 9.14. The van der Waals surface area contributed by atoms with Crippen LogP contribution in [-0.2, 0) is 9.53 Å². The summed E-state index contributed by atoms with van der Waals surface area (Å²) < 4.78 is 5.39. The fourth-order valence-electron chi connectivity index (χ4n) is 2.87. The van der Waals surface area contributed by atoms with Gasteiger partial charge in [0.2, 0.25) is 5.91 Å². The van der Waals surface area contributed by atoms with Crippen LogP contribution in [0.2, 0.25) is 0 Å². The van der Waals surface area contributed by atoms with Gasteiger partial charge in [-0.3, -0.25) is 9.59 Å². The summed E-state index contributed by atoms with van der Waals surface area (Å²) in [7, 11) is 0. The smallest absolute Gasteiger partial charge is 0.410 e. The SMILES string of the molecule is CC(=O)Nc1cc(C(=O)NCCC2CCN(C(=O)OC(C)(C)C)C2)ccn1. The van der Waals surface area contributed by atoms with Crippen molar-refractivity contribution < 1.29 is 19.1 Å². The fraction of sp³-hybridized carbons (Fsp3) is 0.579. The Hall–Kier alpha value is -2.64. The van der Waals surface area contributed by atoms with Crippen LogP contribution in [0.1, 0.15) is 50.9 Å². The van der Waals surface area contributed by atoms with Gasteiger partial charge in [0.1, 0.15) is 11.4 Å². The molecule has 0 aliphatic carbocycles. The van der Waals surface area contributed by atoms with Gasteiger partial charge in [0.15, 0.2) is 0 Å². The number of pyridine rings is 1. The topological polar surface area (TPSA) is 101 Å². The summed E-state index contributed by atoms with van der Waals surface area (Å²) in [6.07, 6.45) is 2.89. The summed E-state index contributed by atoms with van der Waals surface area (Å²) in [5, 5.41) is 5.43. The van der Waals surface area contributed by atoms with Gasteiger partial charge in [-0.1, -0.05) is 0 Å². The van der Waals surface area contributed by atoms with Crippen LogP contribution in [0.4, 0.5) is 10.6 Å². The molecule has 1 aromatic rings. The fourth-order valence-corrected chi connectivity index (χ4v) is 2.87. The highest BCUT2D eigenvalue weighted by atomic mass is 16.6. The third-order valence-electron chi connectivity index (χ3n) is 4.10. The minimum Gasteiger partial charge on any atom is -0.444 e. The number of ether oxygens (including phenoxy) is 1. The van der Waals surface area contributed by atoms with Gasteiger partial charge < -0.3 is 20.3 Å². The number of carbonyl (C=O) groups is 3. The van der Waals surface area contributed by atoms with E-state index in [2.05, 4.69) is 15.6 Å². The lowest BCUT2D eigenvalue weighted by Gasteiger charge is -2.24. The Morgan fingerprint density at radius 3 is 2.74 bits per heavy atom. The molecule has 0 aromatic carbocycles. The lowest BCUT2D eigenvalue weighted by atomic mass is 10.1. The van der Waals surface area contributed by atoms with Crippen molar-refractivity contribution in [1.82, 2.24) is 15.2 Å². The average Bonchev–Trinajstić information content (AvgIpc) is 3.02. The Balaban J connectivity index is 1.76. The number of amides is 3. The molecule has 2 heterocycles. The van der Waals surface area contributed by atoms with Crippen molar-refractivity contribution in [2.75, 3.05) is 25.0 Å². The summed E-state index contributed by atoms with van der Waals surface area (Å²) in [5.41, 5.74) is -0.0559. The summed E-state index contributed by atoms with van der Waals surface area (Å²) >= 11 is 0. The molecule has 0 bridgehead atoms. The standard InChI is InChI=1S/C19H28N4O4/c1-13(24)22-16-11-15(6-9-20-16)17(25)21-8-5-14-7-10-23(12-14)18(26)27-19(2,3)4/h6,9,11,14H,5,7-8,10,12H2,1-4H3,(H,21,25)(H,20,22,24). The van der Waals surface area contributed by atoms with Crippen LogP contribution >= 0.6 is 0 Å². The molecule has 0 radical (unpaired) electrons. The van der Waals surface area contributed by atoms with E-state index in [-0.39, 0.29) is 17.9 Å². The second kappa shape index (κ2) is 8.83. The van der Waals surface area contributed by atoms with Crippen LogP contribution in [0.25, 0.3) is 0 Å². The van der Waals surface area contributed by atoms with E-state index in [1.807, 2.05) is 20.8 Å². The molecule has 2 rings (SSSR count). The molecule has 148 valence electrons. The molecule has 0 spiro atoms. The molecular weight excluding hydrogens is 348 g/mol. The summed E-state index contributed by atoms with van der Waals surface area (Å²) in [6.45, 7) is 8.78. The summed E-state index contributed by atoms with van der Waals surface area (Å²) in [4.78, 5) is 41.1. The lowest BCUT2D eigenvalue weighted by molar-refractivity contribution is -0.114. The van der Waals surface area contributed by atoms with E-state index >= 15 is 0 Å². The highest BCUT2D eigenvalue weighted by Crippen LogP contribution is 2.21. The molecule has 1 aliphatic heterocycles. The summed E-state index contributed by atoms with van der Waals surface area (Å²) in [5.74, 6) is 0.228. The Bertz CT molecular complexity index is 699. The van der Waals surface area contributed by atoms with Gasteiger partial charge in [-0.2, -0.15) is 0 Å². The zero-order chi connectivity index (χ0) is 20.0. The van der Waals surface area contributed by atoms with Crippen molar-refractivity contribution in [3.8, 4) is 0 Å². The third-order valence-corrected chi connectivity index (χ3v) is 4.10. The largest absolute Gasteiger partial charge is 0.444 e. The first-order valence-corrected chi connectivity index (χ1v) is 9.14. The molecule has 8 nitrogen and oxygen atoms in total. The second-order valence-electron chi connectivity index (χ2n) is 7.74. The number of likely N-dealkylation sites (tertiary alicyclic amines) is 1. The molecular formula is C19H28N4O4. The number of aromatic nitrogens is 1. The van der Waals surface area contributed by atoms with Crippen molar-refractivity contribution in [1.29, 1.82) is 0 Å². The lowest BCUT2D eigenvalue weighted by Crippen LogP contribution is -2.35. The average molecular weight is 376 g/mol. The molecule has 0 saturated carbocycles. The predicted octanol–water partition coefficient (Wildman–Crippen LogP) is 2.42. The number of hydrogen-bond donors (Lipinski definition) is 2. The van der Waals surface area contributed by atoms with Gasteiger partial charge in [0.25, 0.3) is 5.91 Å². The molecule has 1 saturated heterocycles. The van der Waals surface area contributed by atoms with Crippen LogP contribution in [0.3, 0.4) is 0 Å². The zero-order valence-electron chi connectivity index (χ0n) is 16.4. The van der Waals surface area contributed by atoms with E-state index in [4.69, 9.17) is 4.74 Å². The second-order valence-corrected chi connectivity index (χ2v) is 7.74. The van der Waals surface area contributed by atoms with Crippen molar-refractivity contribution in [3.05, 3.63) is 23.9 Å². The molecule has 1 aromatic heterocycles. The molecule has 2 N–H and O–H groups in total. The van der Waals surface area contributed by atoms with E-state index in [1.54, 1.807) is 11.0 Å². The van der Waals surface area contributed by atoms with Crippen molar-refractivity contribution in [3.63, 3.8) is 0 Å². The van der Waals surface area contributed by atoms with Crippen molar-refractivity contribution in [2.24, 2.45) is 5.92 Å². The predicted molar refractivity (Wildman–Crippen MR) is 101 cm³/mol. The quantitative estimate of drug-likeness (QED) is 0.822. The molecule has 8 heteroatoms. The van der Waals surface area contributed by atoms with Crippen molar-refractivity contribution >= 4 is 23.7 Å². The van der Waals surface area contributed by atoms with Crippen molar-refractivity contribution in [2.45, 2.75) is 46.1 Å². The van der Waals surface area contributed by atoms with Gasteiger partial charge in [-0.15, -0.1) is 0 Å². The number of nitrogens with zero attached hydrogens (tertiary/aromatic N) is 2. The van der Waals surface area contributed by atoms with Gasteiger partial charge in [0, 0.05) is 38.3 Å². The van der Waals surface area contributed by atoms with Crippen LogP contribution in [-0.4, -0.2) is 53.0 Å². The molecule has 1 unspecified atom stereocenters. The first kappa shape index (κ1) is 20.7. The normalized spacial score (nSPS) is 16.7. The molecule has 3 amide bonds. The number of anilines is 1. The number of carbonyl (C=O) groups excluding carboxylic acids is 3. The van der Waals surface area contributed by atoms with Crippen LogP contribution in [0.15, 0.2) is 18.3 Å². The molecule has 27 heavy (non-hydrogen) atoms. The minimum absolute atomic E-state index is 0.217. The van der Waals surface area contributed by atoms with E-state index < -0.39 is 5.60 Å². The zero-order valence-corrected chi connectivity index (χ0v) is 16.4. The third kappa shape index (κ3) is 6.88. The number of rotatable bonds is 5. The number of nitrogens with one attached hydrogen (secondary N) is 2. The number of hydrogen-bond acceptors (Lipinski definition) is 5. The molecule has 1 atom stereocenters. The maximum Gasteiger partial charge on any atom is 0.410 e. The van der Waals surface area contributed by atoms with Crippen LogP contribution in [0, 0.1) is 5.92 Å². The van der Waals surface area contributed by atoms with E-state index in [0.717, 1.165) is 12.8 Å².